The summed E-state index contributed by atoms with van der Waals surface area (Å²) in [6.07, 6.45) is 4.63. The first-order valence-corrected chi connectivity index (χ1v) is 10.4. The number of aliphatic imine (C=N–C) groups is 1. The van der Waals surface area contributed by atoms with Crippen molar-refractivity contribution in [3.63, 3.8) is 0 Å². The van der Waals surface area contributed by atoms with E-state index in [1.807, 2.05) is 55.7 Å². The Hall–Kier alpha value is -2.39. The highest BCUT2D eigenvalue weighted by atomic mass is 127. The molecule has 0 saturated carbocycles. The minimum Gasteiger partial charge on any atom is -0.384 e. The molecule has 2 aromatic carbocycles. The lowest BCUT2D eigenvalue weighted by Gasteiger charge is -2.22. The van der Waals surface area contributed by atoms with E-state index in [0.29, 0.717) is 12.5 Å². The SMILES string of the molecule is CCNC(=NCC(C)(O)c1ccccc1)NCCc1nccn1Cc1ccccc1.I. The summed E-state index contributed by atoms with van der Waals surface area (Å²) in [6, 6.07) is 20.0. The van der Waals surface area contributed by atoms with Crippen LogP contribution in [-0.2, 0) is 18.6 Å². The lowest BCUT2D eigenvalue weighted by atomic mass is 9.96. The Balaban J connectivity index is 0.00000341. The van der Waals surface area contributed by atoms with Crippen molar-refractivity contribution in [2.45, 2.75) is 32.4 Å². The number of imidazole rings is 1. The van der Waals surface area contributed by atoms with Crippen LogP contribution in [0, 0.1) is 0 Å². The third-order valence-electron chi connectivity index (χ3n) is 4.92. The highest BCUT2D eigenvalue weighted by Gasteiger charge is 2.22. The Labute approximate surface area is 201 Å². The summed E-state index contributed by atoms with van der Waals surface area (Å²) in [6.45, 7) is 6.35. The van der Waals surface area contributed by atoms with Gasteiger partial charge in [-0.25, -0.2) is 9.98 Å². The minimum atomic E-state index is -1.02. The van der Waals surface area contributed by atoms with Gasteiger partial charge in [-0.2, -0.15) is 0 Å². The molecule has 0 bridgehead atoms. The van der Waals surface area contributed by atoms with E-state index >= 15 is 0 Å². The second-order valence-electron chi connectivity index (χ2n) is 7.47. The van der Waals surface area contributed by atoms with Crippen molar-refractivity contribution in [2.24, 2.45) is 4.99 Å². The molecular formula is C24H32IN5O. The molecule has 1 heterocycles. The smallest absolute Gasteiger partial charge is 0.191 e. The summed E-state index contributed by atoms with van der Waals surface area (Å²) in [5.41, 5.74) is 1.09. The molecule has 166 valence electrons. The summed E-state index contributed by atoms with van der Waals surface area (Å²) in [7, 11) is 0. The van der Waals surface area contributed by atoms with E-state index in [2.05, 4.69) is 49.4 Å². The number of nitrogens with one attached hydrogen (secondary N) is 2. The number of hydrogen-bond acceptors (Lipinski definition) is 3. The molecule has 0 radical (unpaired) electrons. The monoisotopic (exact) mass is 533 g/mol. The maximum absolute atomic E-state index is 10.8. The Morgan fingerprint density at radius 1 is 1.06 bits per heavy atom. The molecule has 6 nitrogen and oxygen atoms in total. The van der Waals surface area contributed by atoms with Crippen molar-refractivity contribution < 1.29 is 5.11 Å². The Bertz CT molecular complexity index is 925. The zero-order chi connectivity index (χ0) is 21.2. The fourth-order valence-corrected chi connectivity index (χ4v) is 3.25. The van der Waals surface area contributed by atoms with Gasteiger partial charge in [0.2, 0.25) is 0 Å². The molecule has 0 saturated heterocycles. The number of aliphatic hydroxyl groups is 1. The largest absolute Gasteiger partial charge is 0.384 e. The summed E-state index contributed by atoms with van der Waals surface area (Å²) in [4.78, 5) is 9.09. The molecule has 0 aliphatic heterocycles. The number of halogens is 1. The maximum Gasteiger partial charge on any atom is 0.191 e. The number of aromatic nitrogens is 2. The summed E-state index contributed by atoms with van der Waals surface area (Å²) >= 11 is 0. The van der Waals surface area contributed by atoms with E-state index in [0.717, 1.165) is 30.9 Å². The molecule has 0 fully saturated rings. The topological polar surface area (TPSA) is 74.5 Å². The van der Waals surface area contributed by atoms with Gasteiger partial charge in [-0.05, 0) is 25.0 Å². The van der Waals surface area contributed by atoms with Crippen LogP contribution in [0.25, 0.3) is 0 Å². The average Bonchev–Trinajstić information content (AvgIpc) is 3.20. The third-order valence-corrected chi connectivity index (χ3v) is 4.92. The molecule has 7 heteroatoms. The first kappa shape index (κ1) is 24.9. The molecule has 3 aromatic rings. The van der Waals surface area contributed by atoms with Crippen molar-refractivity contribution in [3.05, 3.63) is 90.0 Å². The molecule has 0 amide bonds. The van der Waals surface area contributed by atoms with Crippen LogP contribution in [0.3, 0.4) is 0 Å². The quantitative estimate of drug-likeness (QED) is 0.224. The predicted molar refractivity (Wildman–Crippen MR) is 137 cm³/mol. The fourth-order valence-electron chi connectivity index (χ4n) is 3.25. The lowest BCUT2D eigenvalue weighted by Crippen LogP contribution is -2.40. The number of benzene rings is 2. The van der Waals surface area contributed by atoms with Crippen LogP contribution in [-0.4, -0.2) is 40.3 Å². The average molecular weight is 533 g/mol. The summed E-state index contributed by atoms with van der Waals surface area (Å²) in [5, 5.41) is 17.4. The van der Waals surface area contributed by atoms with Crippen molar-refractivity contribution in [1.29, 1.82) is 0 Å². The van der Waals surface area contributed by atoms with E-state index in [-0.39, 0.29) is 30.5 Å². The van der Waals surface area contributed by atoms with Gasteiger partial charge in [0.05, 0.1) is 6.54 Å². The van der Waals surface area contributed by atoms with E-state index in [4.69, 9.17) is 0 Å². The van der Waals surface area contributed by atoms with Crippen LogP contribution in [0.1, 0.15) is 30.8 Å². The van der Waals surface area contributed by atoms with Gasteiger partial charge in [-0.3, -0.25) is 0 Å². The standard InChI is InChI=1S/C24H31N5O.HI/c1-3-25-23(28-19-24(2,30)21-12-8-5-9-13-21)27-15-14-22-26-16-17-29(22)18-20-10-6-4-7-11-20;/h4-13,16-17,30H,3,14-15,18-19H2,1-2H3,(H2,25,27,28);1H. The van der Waals surface area contributed by atoms with Crippen LogP contribution in [0.15, 0.2) is 78.0 Å². The Kier molecular flexibility index (Phi) is 10.00. The van der Waals surface area contributed by atoms with Crippen molar-refractivity contribution in [1.82, 2.24) is 20.2 Å². The van der Waals surface area contributed by atoms with Gasteiger partial charge in [0, 0.05) is 38.4 Å². The zero-order valence-electron chi connectivity index (χ0n) is 18.2. The van der Waals surface area contributed by atoms with Crippen LogP contribution in [0.5, 0.6) is 0 Å². The van der Waals surface area contributed by atoms with Gasteiger partial charge >= 0.3 is 0 Å². The number of hydrogen-bond donors (Lipinski definition) is 3. The molecule has 1 unspecified atom stereocenters. The maximum atomic E-state index is 10.8. The lowest BCUT2D eigenvalue weighted by molar-refractivity contribution is 0.0672. The van der Waals surface area contributed by atoms with Crippen molar-refractivity contribution >= 4 is 29.9 Å². The molecular weight excluding hydrogens is 501 g/mol. The molecule has 3 rings (SSSR count). The highest BCUT2D eigenvalue weighted by Crippen LogP contribution is 2.20. The van der Waals surface area contributed by atoms with Gasteiger partial charge in [-0.1, -0.05) is 60.7 Å². The second-order valence-corrected chi connectivity index (χ2v) is 7.47. The molecule has 31 heavy (non-hydrogen) atoms. The normalized spacial score (nSPS) is 13.2. The van der Waals surface area contributed by atoms with E-state index in [1.54, 1.807) is 6.92 Å². The number of rotatable bonds is 9. The molecule has 3 N–H and O–H groups in total. The van der Waals surface area contributed by atoms with Gasteiger partial charge < -0.3 is 20.3 Å². The van der Waals surface area contributed by atoms with Crippen LogP contribution < -0.4 is 10.6 Å². The van der Waals surface area contributed by atoms with Crippen molar-refractivity contribution in [2.75, 3.05) is 19.6 Å². The van der Waals surface area contributed by atoms with Crippen LogP contribution in [0.4, 0.5) is 0 Å². The van der Waals surface area contributed by atoms with E-state index in [1.165, 1.54) is 5.56 Å². The van der Waals surface area contributed by atoms with E-state index in [9.17, 15) is 5.11 Å². The molecule has 0 aliphatic rings. The predicted octanol–water partition coefficient (Wildman–Crippen LogP) is 3.55. The first-order chi connectivity index (χ1) is 14.6. The third kappa shape index (κ3) is 7.66. The van der Waals surface area contributed by atoms with E-state index < -0.39 is 5.60 Å². The fraction of sp³-hybridized carbons (Fsp3) is 0.333. The van der Waals surface area contributed by atoms with Crippen LogP contribution >= 0.6 is 24.0 Å². The second kappa shape index (κ2) is 12.5. The summed E-state index contributed by atoms with van der Waals surface area (Å²) < 4.78 is 2.17. The Morgan fingerprint density at radius 3 is 2.42 bits per heavy atom. The molecule has 1 atom stereocenters. The molecule has 1 aromatic heterocycles. The molecule has 0 aliphatic carbocycles. The van der Waals surface area contributed by atoms with Gasteiger partial charge in [0.1, 0.15) is 11.4 Å². The first-order valence-electron chi connectivity index (χ1n) is 10.4. The van der Waals surface area contributed by atoms with Crippen molar-refractivity contribution in [3.8, 4) is 0 Å². The zero-order valence-corrected chi connectivity index (χ0v) is 20.5. The number of nitrogens with zero attached hydrogens (tertiary/aromatic N) is 3. The van der Waals surface area contributed by atoms with Crippen LogP contribution in [0.2, 0.25) is 0 Å². The van der Waals surface area contributed by atoms with Gasteiger partial charge in [0.25, 0.3) is 0 Å². The number of guanidine groups is 1. The summed E-state index contributed by atoms with van der Waals surface area (Å²) in [5.74, 6) is 1.72. The molecule has 0 spiro atoms. The highest BCUT2D eigenvalue weighted by molar-refractivity contribution is 14.0. The van der Waals surface area contributed by atoms with Gasteiger partial charge in [-0.15, -0.1) is 24.0 Å². The Morgan fingerprint density at radius 2 is 1.74 bits per heavy atom. The van der Waals surface area contributed by atoms with Gasteiger partial charge in [0.15, 0.2) is 5.96 Å². The minimum absolute atomic E-state index is 0.